The van der Waals surface area contributed by atoms with Crippen LogP contribution >= 0.6 is 0 Å². The van der Waals surface area contributed by atoms with Crippen molar-refractivity contribution in [2.75, 3.05) is 0 Å². The lowest BCUT2D eigenvalue weighted by molar-refractivity contribution is 0.667. The lowest BCUT2D eigenvalue weighted by Crippen LogP contribution is -1.86. The topological polar surface area (TPSA) is 0 Å². The van der Waals surface area contributed by atoms with Crippen LogP contribution in [0, 0.1) is 0 Å². The van der Waals surface area contributed by atoms with Crippen molar-refractivity contribution in [1.82, 2.24) is 0 Å². The van der Waals surface area contributed by atoms with E-state index in [0.717, 1.165) is 0 Å². The van der Waals surface area contributed by atoms with E-state index >= 15 is 0 Å². The standard InChI is InChI=1S/C42H46/c1-3-5-7-9-11-33-13-17-35(18-14-33)21-23-37-25-29-41-39(31-37)27-28-40-32-38(26-30-42(40)41)24-22-36-19-15-34(16-20-36)12-10-8-6-4-2/h13-32H,3-12H2,1-2H3/b23-21+,24-22+. The van der Waals surface area contributed by atoms with Gasteiger partial charge in [-0.15, -0.1) is 0 Å². The smallest absolute Gasteiger partial charge is 0.0105 e. The molecule has 0 N–H and O–H groups in total. The molecule has 0 heteroatoms. The van der Waals surface area contributed by atoms with E-state index in [1.165, 1.54) is 119 Å². The molecule has 0 amide bonds. The summed E-state index contributed by atoms with van der Waals surface area (Å²) in [6.45, 7) is 4.54. The minimum absolute atomic E-state index is 1.19. The van der Waals surface area contributed by atoms with Crippen LogP contribution in [0.25, 0.3) is 45.8 Å². The molecule has 0 atom stereocenters. The highest BCUT2D eigenvalue weighted by atomic mass is 14.1. The van der Waals surface area contributed by atoms with Gasteiger partial charge in [0.05, 0.1) is 0 Å². The van der Waals surface area contributed by atoms with Gasteiger partial charge in [-0.25, -0.2) is 0 Å². The summed E-state index contributed by atoms with van der Waals surface area (Å²) in [4.78, 5) is 0. The Bertz CT molecular complexity index is 1490. The highest BCUT2D eigenvalue weighted by molar-refractivity contribution is 6.08. The first-order valence-corrected chi connectivity index (χ1v) is 16.2. The molecule has 0 unspecified atom stereocenters. The first-order valence-electron chi connectivity index (χ1n) is 16.2. The third-order valence-electron chi connectivity index (χ3n) is 8.42. The Hall–Kier alpha value is -3.90. The number of hydrogen-bond donors (Lipinski definition) is 0. The van der Waals surface area contributed by atoms with E-state index < -0.39 is 0 Å². The summed E-state index contributed by atoms with van der Waals surface area (Å²) in [5.74, 6) is 0. The number of unbranched alkanes of at least 4 members (excludes halogenated alkanes) is 6. The van der Waals surface area contributed by atoms with Crippen LogP contribution in [0.3, 0.4) is 0 Å². The van der Waals surface area contributed by atoms with Gasteiger partial charge in [0.15, 0.2) is 0 Å². The summed E-state index contributed by atoms with van der Waals surface area (Å²) < 4.78 is 0. The van der Waals surface area contributed by atoms with Crippen molar-refractivity contribution < 1.29 is 0 Å². The fourth-order valence-corrected chi connectivity index (χ4v) is 5.80. The molecule has 42 heavy (non-hydrogen) atoms. The van der Waals surface area contributed by atoms with Crippen molar-refractivity contribution in [2.24, 2.45) is 0 Å². The van der Waals surface area contributed by atoms with Crippen molar-refractivity contribution in [3.05, 3.63) is 130 Å². The molecule has 5 aromatic rings. The maximum atomic E-state index is 2.30. The molecule has 0 bridgehead atoms. The van der Waals surface area contributed by atoms with E-state index in [0.29, 0.717) is 0 Å². The van der Waals surface area contributed by atoms with Crippen molar-refractivity contribution >= 4 is 45.8 Å². The van der Waals surface area contributed by atoms with Gasteiger partial charge >= 0.3 is 0 Å². The van der Waals surface area contributed by atoms with Crippen molar-refractivity contribution in [3.63, 3.8) is 0 Å². The molecule has 0 saturated carbocycles. The summed E-state index contributed by atoms with van der Waals surface area (Å²) in [5, 5.41) is 5.18. The second-order valence-electron chi connectivity index (χ2n) is 11.8. The molecular formula is C42H46. The van der Waals surface area contributed by atoms with Crippen LogP contribution in [0.15, 0.2) is 97.1 Å². The Labute approximate surface area is 253 Å². The Kier molecular flexibility index (Phi) is 10.8. The van der Waals surface area contributed by atoms with Crippen LogP contribution in [-0.2, 0) is 12.8 Å². The van der Waals surface area contributed by atoms with Crippen LogP contribution < -0.4 is 0 Å². The third kappa shape index (κ3) is 8.32. The van der Waals surface area contributed by atoms with E-state index in [9.17, 15) is 0 Å². The van der Waals surface area contributed by atoms with Crippen molar-refractivity contribution in [1.29, 1.82) is 0 Å². The molecule has 0 heterocycles. The van der Waals surface area contributed by atoms with Gasteiger partial charge in [-0.2, -0.15) is 0 Å². The summed E-state index contributed by atoms with van der Waals surface area (Å²) in [6, 6.07) is 36.3. The van der Waals surface area contributed by atoms with Gasteiger partial charge in [-0.1, -0.05) is 162 Å². The number of hydrogen-bond acceptors (Lipinski definition) is 0. The quantitative estimate of drug-likeness (QED) is 0.0732. The molecule has 0 fully saturated rings. The average molecular weight is 551 g/mol. The Morgan fingerprint density at radius 2 is 0.762 bits per heavy atom. The highest BCUT2D eigenvalue weighted by Crippen LogP contribution is 2.28. The zero-order valence-electron chi connectivity index (χ0n) is 25.6. The second-order valence-corrected chi connectivity index (χ2v) is 11.8. The molecule has 214 valence electrons. The molecule has 0 spiro atoms. The fraction of sp³-hybridized carbons (Fsp3) is 0.286. The third-order valence-corrected chi connectivity index (χ3v) is 8.42. The van der Waals surface area contributed by atoms with E-state index in [2.05, 4.69) is 135 Å². The lowest BCUT2D eigenvalue weighted by atomic mass is 9.98. The Morgan fingerprint density at radius 3 is 1.17 bits per heavy atom. The van der Waals surface area contributed by atoms with E-state index in [1.54, 1.807) is 0 Å². The molecule has 0 aromatic heterocycles. The molecule has 5 rings (SSSR count). The predicted octanol–water partition coefficient (Wildman–Crippen LogP) is 12.6. The normalized spacial score (nSPS) is 11.9. The van der Waals surface area contributed by atoms with Crippen molar-refractivity contribution in [2.45, 2.75) is 78.1 Å². The molecule has 0 aliphatic heterocycles. The van der Waals surface area contributed by atoms with Crippen LogP contribution in [0.5, 0.6) is 0 Å². The van der Waals surface area contributed by atoms with Gasteiger partial charge in [0.1, 0.15) is 0 Å². The molecule has 0 nitrogen and oxygen atoms in total. The minimum atomic E-state index is 1.19. The SMILES string of the molecule is CCCCCCc1ccc(/C=C/c2ccc3c(ccc4cc(/C=C/c5ccc(CCCCCC)cc5)ccc43)c2)cc1. The van der Waals surface area contributed by atoms with E-state index in [1.807, 2.05) is 0 Å². The molecule has 0 aliphatic carbocycles. The van der Waals surface area contributed by atoms with Gasteiger partial charge in [0.2, 0.25) is 0 Å². The molecule has 5 aromatic carbocycles. The number of fused-ring (bicyclic) bond motifs is 3. The Morgan fingerprint density at radius 1 is 0.381 bits per heavy atom. The first kappa shape index (κ1) is 29.6. The Balaban J connectivity index is 1.22. The monoisotopic (exact) mass is 550 g/mol. The van der Waals surface area contributed by atoms with Gasteiger partial charge in [-0.3, -0.25) is 0 Å². The number of rotatable bonds is 14. The highest BCUT2D eigenvalue weighted by Gasteiger charge is 2.03. The van der Waals surface area contributed by atoms with Crippen LogP contribution in [0.4, 0.5) is 0 Å². The van der Waals surface area contributed by atoms with Gasteiger partial charge in [0.25, 0.3) is 0 Å². The number of benzene rings is 5. The lowest BCUT2D eigenvalue weighted by Gasteiger charge is -2.07. The predicted molar refractivity (Wildman–Crippen MR) is 188 cm³/mol. The van der Waals surface area contributed by atoms with E-state index in [4.69, 9.17) is 0 Å². The van der Waals surface area contributed by atoms with Crippen LogP contribution in [0.1, 0.15) is 98.6 Å². The summed E-state index contributed by atoms with van der Waals surface area (Å²) in [6.07, 6.45) is 21.8. The van der Waals surface area contributed by atoms with Gasteiger partial charge in [0, 0.05) is 0 Å². The zero-order valence-corrected chi connectivity index (χ0v) is 25.6. The van der Waals surface area contributed by atoms with Crippen LogP contribution in [0.2, 0.25) is 0 Å². The molecule has 0 saturated heterocycles. The summed E-state index contributed by atoms with van der Waals surface area (Å²) >= 11 is 0. The second kappa shape index (κ2) is 15.4. The van der Waals surface area contributed by atoms with Crippen LogP contribution in [-0.4, -0.2) is 0 Å². The average Bonchev–Trinajstić information content (AvgIpc) is 3.04. The number of aryl methyl sites for hydroxylation is 2. The molecule has 0 radical (unpaired) electrons. The summed E-state index contributed by atoms with van der Waals surface area (Å²) in [5.41, 5.74) is 7.87. The molecule has 0 aliphatic rings. The first-order chi connectivity index (χ1) is 20.7. The van der Waals surface area contributed by atoms with Gasteiger partial charge in [-0.05, 0) is 92.7 Å². The molecular weight excluding hydrogens is 504 g/mol. The minimum Gasteiger partial charge on any atom is -0.0654 e. The van der Waals surface area contributed by atoms with Crippen molar-refractivity contribution in [3.8, 4) is 0 Å². The van der Waals surface area contributed by atoms with Gasteiger partial charge < -0.3 is 0 Å². The fourth-order valence-electron chi connectivity index (χ4n) is 5.80. The maximum absolute atomic E-state index is 2.30. The zero-order chi connectivity index (χ0) is 29.0. The summed E-state index contributed by atoms with van der Waals surface area (Å²) in [7, 11) is 0. The van der Waals surface area contributed by atoms with E-state index in [-0.39, 0.29) is 0 Å². The maximum Gasteiger partial charge on any atom is -0.0105 e. The largest absolute Gasteiger partial charge is 0.0654 e.